The van der Waals surface area contributed by atoms with Crippen molar-refractivity contribution in [1.29, 1.82) is 0 Å². The Labute approximate surface area is 204 Å². The molecule has 2 aromatic carbocycles. The molecule has 0 spiro atoms. The fourth-order valence-corrected chi connectivity index (χ4v) is 5.45. The first-order valence-electron chi connectivity index (χ1n) is 11.4. The Bertz CT molecular complexity index is 1130. The molecule has 1 atom stereocenters. The van der Waals surface area contributed by atoms with E-state index in [-0.39, 0.29) is 24.4 Å². The lowest BCUT2D eigenvalue weighted by atomic mass is 9.92. The van der Waals surface area contributed by atoms with Crippen molar-refractivity contribution in [2.24, 2.45) is 0 Å². The summed E-state index contributed by atoms with van der Waals surface area (Å²) in [6.45, 7) is 5.40. The number of thiophene rings is 1. The normalized spacial score (nSPS) is 15.2. The molecule has 1 aliphatic heterocycles. The largest absolute Gasteiger partial charge is 0.330 e. The first-order valence-corrected chi connectivity index (χ1v) is 12.7. The number of fused-ring (bicyclic) bond motifs is 1. The van der Waals surface area contributed by atoms with Gasteiger partial charge < -0.3 is 9.80 Å². The maximum Gasteiger partial charge on any atom is 0.254 e. The van der Waals surface area contributed by atoms with Crippen LogP contribution in [0.1, 0.15) is 57.7 Å². The molecule has 0 saturated carbocycles. The van der Waals surface area contributed by atoms with Gasteiger partial charge in [0.2, 0.25) is 5.91 Å². The standard InChI is InChI=1S/C27H29ClN2O2S/c1-3-4-14-29(27(32)21-6-5-7-22(28)17-21)18-25(31)30-15-12-24-23(13-16-33-24)26(30)20-10-8-19(2)9-11-20/h5-11,13,16-17,26H,3-4,12,14-15,18H2,1-2H3. The summed E-state index contributed by atoms with van der Waals surface area (Å²) in [7, 11) is 0. The summed E-state index contributed by atoms with van der Waals surface area (Å²) in [6, 6.07) is 17.4. The van der Waals surface area contributed by atoms with Crippen molar-refractivity contribution in [3.05, 3.63) is 92.1 Å². The van der Waals surface area contributed by atoms with Crippen molar-refractivity contribution in [1.82, 2.24) is 9.80 Å². The third-order valence-electron chi connectivity index (χ3n) is 6.15. The first-order chi connectivity index (χ1) is 16.0. The Hall–Kier alpha value is -2.63. The molecule has 0 fully saturated rings. The lowest BCUT2D eigenvalue weighted by Crippen LogP contribution is -2.47. The Morgan fingerprint density at radius 3 is 2.67 bits per heavy atom. The molecule has 172 valence electrons. The third-order valence-corrected chi connectivity index (χ3v) is 7.38. The lowest BCUT2D eigenvalue weighted by Gasteiger charge is -2.37. The molecular weight excluding hydrogens is 452 g/mol. The monoisotopic (exact) mass is 480 g/mol. The van der Waals surface area contributed by atoms with Gasteiger partial charge in [-0.15, -0.1) is 11.3 Å². The number of hydrogen-bond donors (Lipinski definition) is 0. The molecule has 1 unspecified atom stereocenters. The number of hydrogen-bond acceptors (Lipinski definition) is 3. The van der Waals surface area contributed by atoms with E-state index >= 15 is 0 Å². The fourth-order valence-electron chi connectivity index (χ4n) is 4.35. The van der Waals surface area contributed by atoms with E-state index in [2.05, 4.69) is 49.6 Å². The van der Waals surface area contributed by atoms with Gasteiger partial charge in [0.25, 0.3) is 5.91 Å². The minimum atomic E-state index is -0.153. The number of benzene rings is 2. The van der Waals surface area contributed by atoms with Crippen LogP contribution in [0.15, 0.2) is 60.0 Å². The summed E-state index contributed by atoms with van der Waals surface area (Å²) >= 11 is 7.87. The van der Waals surface area contributed by atoms with Crippen LogP contribution >= 0.6 is 22.9 Å². The molecule has 1 aromatic heterocycles. The zero-order valence-electron chi connectivity index (χ0n) is 19.1. The maximum atomic E-state index is 13.7. The predicted molar refractivity (Wildman–Crippen MR) is 135 cm³/mol. The van der Waals surface area contributed by atoms with Crippen LogP contribution in [-0.2, 0) is 11.2 Å². The highest BCUT2D eigenvalue weighted by Crippen LogP contribution is 2.38. The van der Waals surface area contributed by atoms with Crippen LogP contribution in [0.4, 0.5) is 0 Å². The second kappa shape index (κ2) is 10.5. The molecule has 0 bridgehead atoms. The highest BCUT2D eigenvalue weighted by molar-refractivity contribution is 7.10. The number of nitrogens with zero attached hydrogens (tertiary/aromatic N) is 2. The number of carbonyl (C=O) groups excluding carboxylic acids is 2. The van der Waals surface area contributed by atoms with Crippen LogP contribution in [0.2, 0.25) is 5.02 Å². The smallest absolute Gasteiger partial charge is 0.254 e. The summed E-state index contributed by atoms with van der Waals surface area (Å²) in [5.74, 6) is -0.177. The van der Waals surface area contributed by atoms with Gasteiger partial charge in [0, 0.05) is 28.6 Å². The van der Waals surface area contributed by atoms with Crippen molar-refractivity contribution in [2.45, 2.75) is 39.2 Å². The topological polar surface area (TPSA) is 40.6 Å². The molecule has 0 aliphatic carbocycles. The summed E-state index contributed by atoms with van der Waals surface area (Å²) < 4.78 is 0. The van der Waals surface area contributed by atoms with Gasteiger partial charge in [-0.2, -0.15) is 0 Å². The zero-order chi connectivity index (χ0) is 23.4. The maximum absolute atomic E-state index is 13.7. The lowest BCUT2D eigenvalue weighted by molar-refractivity contribution is -0.134. The van der Waals surface area contributed by atoms with Crippen molar-refractivity contribution >= 4 is 34.8 Å². The van der Waals surface area contributed by atoms with Crippen molar-refractivity contribution < 1.29 is 9.59 Å². The minimum Gasteiger partial charge on any atom is -0.330 e. The molecule has 4 rings (SSSR count). The van der Waals surface area contributed by atoms with Gasteiger partial charge in [-0.05, 0) is 60.5 Å². The van der Waals surface area contributed by atoms with Crippen LogP contribution in [0.3, 0.4) is 0 Å². The summed E-state index contributed by atoms with van der Waals surface area (Å²) in [5, 5.41) is 2.62. The highest BCUT2D eigenvalue weighted by Gasteiger charge is 2.34. The third kappa shape index (κ3) is 5.31. The molecule has 2 amide bonds. The van der Waals surface area contributed by atoms with E-state index in [0.29, 0.717) is 23.7 Å². The number of aryl methyl sites for hydroxylation is 1. The quantitative estimate of drug-likeness (QED) is 0.408. The van der Waals surface area contributed by atoms with E-state index in [1.165, 1.54) is 16.0 Å². The summed E-state index contributed by atoms with van der Waals surface area (Å²) in [5.41, 5.74) is 4.01. The van der Waals surface area contributed by atoms with Crippen LogP contribution in [0.5, 0.6) is 0 Å². The Morgan fingerprint density at radius 1 is 1.15 bits per heavy atom. The number of carbonyl (C=O) groups is 2. The molecule has 2 heterocycles. The predicted octanol–water partition coefficient (Wildman–Crippen LogP) is 6.13. The Balaban J connectivity index is 1.61. The van der Waals surface area contributed by atoms with E-state index in [9.17, 15) is 9.59 Å². The zero-order valence-corrected chi connectivity index (χ0v) is 20.7. The van der Waals surface area contributed by atoms with Crippen molar-refractivity contribution in [2.75, 3.05) is 19.6 Å². The van der Waals surface area contributed by atoms with Gasteiger partial charge >= 0.3 is 0 Å². The number of amides is 2. The van der Waals surface area contributed by atoms with Gasteiger partial charge in [-0.3, -0.25) is 9.59 Å². The van der Waals surface area contributed by atoms with Crippen molar-refractivity contribution in [3.8, 4) is 0 Å². The van der Waals surface area contributed by atoms with E-state index in [1.54, 1.807) is 40.5 Å². The molecule has 3 aromatic rings. The molecule has 4 nitrogen and oxygen atoms in total. The van der Waals surface area contributed by atoms with Gasteiger partial charge in [-0.1, -0.05) is 60.8 Å². The van der Waals surface area contributed by atoms with Crippen LogP contribution < -0.4 is 0 Å². The van der Waals surface area contributed by atoms with Gasteiger partial charge in [0.15, 0.2) is 0 Å². The van der Waals surface area contributed by atoms with Gasteiger partial charge in [-0.25, -0.2) is 0 Å². The van der Waals surface area contributed by atoms with Crippen LogP contribution in [0.25, 0.3) is 0 Å². The van der Waals surface area contributed by atoms with Gasteiger partial charge in [0.1, 0.15) is 6.54 Å². The van der Waals surface area contributed by atoms with Crippen LogP contribution in [0, 0.1) is 6.92 Å². The second-order valence-corrected chi connectivity index (χ2v) is 9.98. The average Bonchev–Trinajstić information content (AvgIpc) is 3.30. The molecule has 6 heteroatoms. The highest BCUT2D eigenvalue weighted by atomic mass is 35.5. The number of halogens is 1. The number of unbranched alkanes of at least 4 members (excludes halogenated alkanes) is 1. The van der Waals surface area contributed by atoms with E-state index < -0.39 is 0 Å². The fraction of sp³-hybridized carbons (Fsp3) is 0.333. The molecular formula is C27H29ClN2O2S. The SMILES string of the molecule is CCCCN(CC(=O)N1CCc2sccc2C1c1ccc(C)cc1)C(=O)c1cccc(Cl)c1. The Kier molecular flexibility index (Phi) is 7.51. The first kappa shape index (κ1) is 23.5. The molecule has 1 aliphatic rings. The molecule has 0 radical (unpaired) electrons. The van der Waals surface area contributed by atoms with E-state index in [4.69, 9.17) is 11.6 Å². The van der Waals surface area contributed by atoms with Gasteiger partial charge in [0.05, 0.1) is 6.04 Å². The van der Waals surface area contributed by atoms with Crippen LogP contribution in [-0.4, -0.2) is 41.2 Å². The minimum absolute atomic E-state index is 0.0242. The van der Waals surface area contributed by atoms with Crippen molar-refractivity contribution in [3.63, 3.8) is 0 Å². The van der Waals surface area contributed by atoms with E-state index in [1.807, 2.05) is 4.90 Å². The molecule has 33 heavy (non-hydrogen) atoms. The molecule has 0 saturated heterocycles. The molecule has 0 N–H and O–H groups in total. The summed E-state index contributed by atoms with van der Waals surface area (Å²) in [4.78, 5) is 31.9. The average molecular weight is 481 g/mol. The Morgan fingerprint density at radius 2 is 1.94 bits per heavy atom. The summed E-state index contributed by atoms with van der Waals surface area (Å²) in [6.07, 6.45) is 2.63. The van der Waals surface area contributed by atoms with E-state index in [0.717, 1.165) is 24.8 Å². The second-order valence-electron chi connectivity index (χ2n) is 8.54. The number of rotatable bonds is 7.